The maximum atomic E-state index is 14.4. The Bertz CT molecular complexity index is 1300. The van der Waals surface area contributed by atoms with E-state index in [0.717, 1.165) is 25.0 Å². The largest absolute Gasteiger partial charge is 0.481 e. The first-order valence-electron chi connectivity index (χ1n) is 11.8. The van der Waals surface area contributed by atoms with Gasteiger partial charge in [0.25, 0.3) is 0 Å². The number of nitrogens with one attached hydrogen (secondary N) is 1. The molecule has 4 rings (SSSR count). The molecule has 0 unspecified atom stereocenters. The normalized spacial score (nSPS) is 14.7. The van der Waals surface area contributed by atoms with Crippen molar-refractivity contribution in [2.45, 2.75) is 63.7 Å². The second kappa shape index (κ2) is 10.6. The van der Waals surface area contributed by atoms with Crippen molar-refractivity contribution in [2.24, 2.45) is 5.92 Å². The smallest absolute Gasteiger partial charge is 0.309 e. The van der Waals surface area contributed by atoms with Crippen LogP contribution in [0.4, 0.5) is 18.9 Å². The Labute approximate surface area is 215 Å². The Morgan fingerprint density at radius 2 is 1.95 bits per heavy atom. The first-order chi connectivity index (χ1) is 17.5. The van der Waals surface area contributed by atoms with Crippen LogP contribution in [-0.4, -0.2) is 27.3 Å². The van der Waals surface area contributed by atoms with Gasteiger partial charge in [-0.3, -0.25) is 9.59 Å². The predicted molar refractivity (Wildman–Crippen MR) is 127 cm³/mol. The quantitative estimate of drug-likeness (QED) is 0.277. The molecular formula is C25H25ClF3N3O5. The average Bonchev–Trinajstić information content (AvgIpc) is 3.36. The fourth-order valence-electron chi connectivity index (χ4n) is 4.03. The molecule has 1 aromatic carbocycles. The van der Waals surface area contributed by atoms with Crippen LogP contribution >= 0.6 is 11.6 Å². The van der Waals surface area contributed by atoms with Gasteiger partial charge in [-0.1, -0.05) is 35.8 Å². The number of aromatic nitrogens is 2. The van der Waals surface area contributed by atoms with Crippen molar-refractivity contribution < 1.29 is 36.9 Å². The SMILES string of the molecule is CC(C)C(F)(F)c1cc(-c2onc([C@@H](CCC(=O)O)CC(=O)Nc3ccc(Cl)cc3F)c2C2CC2)no1. The van der Waals surface area contributed by atoms with Crippen LogP contribution in [0.1, 0.15) is 74.8 Å². The maximum Gasteiger partial charge on any atom is 0.309 e. The van der Waals surface area contributed by atoms with Crippen molar-refractivity contribution in [1.82, 2.24) is 10.3 Å². The van der Waals surface area contributed by atoms with Crippen LogP contribution in [-0.2, 0) is 15.5 Å². The number of aliphatic carboxylic acids is 1. The molecule has 0 radical (unpaired) electrons. The topological polar surface area (TPSA) is 118 Å². The van der Waals surface area contributed by atoms with E-state index in [1.165, 1.54) is 26.0 Å². The van der Waals surface area contributed by atoms with Crippen LogP contribution in [0.5, 0.6) is 0 Å². The lowest BCUT2D eigenvalue weighted by Gasteiger charge is -2.16. The van der Waals surface area contributed by atoms with E-state index >= 15 is 0 Å². The number of benzene rings is 1. The van der Waals surface area contributed by atoms with Gasteiger partial charge in [-0.15, -0.1) is 0 Å². The summed E-state index contributed by atoms with van der Waals surface area (Å²) in [6, 6.07) is 4.91. The van der Waals surface area contributed by atoms with Crippen LogP contribution in [0.3, 0.4) is 0 Å². The molecule has 37 heavy (non-hydrogen) atoms. The molecular weight excluding hydrogens is 515 g/mol. The molecule has 2 N–H and O–H groups in total. The molecule has 1 aliphatic carbocycles. The standard InChI is InChI=1S/C25H25ClF3N3O5/c1-12(2)25(28,29)19-11-18(31-36-19)24-22(13-3-4-13)23(32-37-24)14(5-8-21(34)35)9-20(33)30-17-7-6-15(26)10-16(17)27/h6-7,10-14H,3-5,8-9H2,1-2H3,(H,30,33)(H,34,35)/t14-/m0/s1. The molecule has 198 valence electrons. The monoisotopic (exact) mass is 539 g/mol. The molecule has 1 fully saturated rings. The Hall–Kier alpha value is -3.34. The van der Waals surface area contributed by atoms with E-state index in [9.17, 15) is 27.9 Å². The van der Waals surface area contributed by atoms with Crippen molar-refractivity contribution in [3.05, 3.63) is 52.1 Å². The van der Waals surface area contributed by atoms with E-state index in [4.69, 9.17) is 20.6 Å². The molecule has 8 nitrogen and oxygen atoms in total. The third kappa shape index (κ3) is 5.98. The van der Waals surface area contributed by atoms with Crippen molar-refractivity contribution in [2.75, 3.05) is 5.32 Å². The van der Waals surface area contributed by atoms with Gasteiger partial charge in [0, 0.05) is 41.3 Å². The number of carboxylic acids is 1. The lowest BCUT2D eigenvalue weighted by molar-refractivity contribution is -0.137. The Morgan fingerprint density at radius 3 is 2.57 bits per heavy atom. The minimum absolute atomic E-state index is 0.00823. The second-order valence-corrected chi connectivity index (χ2v) is 9.88. The van der Waals surface area contributed by atoms with Crippen LogP contribution in [0.25, 0.3) is 11.5 Å². The van der Waals surface area contributed by atoms with Crippen LogP contribution in [0, 0.1) is 11.7 Å². The molecule has 12 heteroatoms. The molecule has 0 bridgehead atoms. The second-order valence-electron chi connectivity index (χ2n) is 9.44. The van der Waals surface area contributed by atoms with Gasteiger partial charge in [0.15, 0.2) is 11.5 Å². The van der Waals surface area contributed by atoms with Crippen LogP contribution in [0.15, 0.2) is 33.3 Å². The zero-order valence-electron chi connectivity index (χ0n) is 20.1. The third-order valence-corrected chi connectivity index (χ3v) is 6.50. The summed E-state index contributed by atoms with van der Waals surface area (Å²) in [6.07, 6.45) is 1.14. The molecule has 0 spiro atoms. The highest BCUT2D eigenvalue weighted by Gasteiger charge is 2.42. The molecule has 2 aromatic heterocycles. The minimum atomic E-state index is -3.24. The fourth-order valence-corrected chi connectivity index (χ4v) is 4.19. The van der Waals surface area contributed by atoms with Crippen molar-refractivity contribution in [3.63, 3.8) is 0 Å². The van der Waals surface area contributed by atoms with Crippen LogP contribution in [0.2, 0.25) is 5.02 Å². The summed E-state index contributed by atoms with van der Waals surface area (Å²) >= 11 is 5.76. The number of rotatable bonds is 11. The molecule has 1 aliphatic rings. The number of amides is 1. The molecule has 0 saturated heterocycles. The highest BCUT2D eigenvalue weighted by molar-refractivity contribution is 6.30. The van der Waals surface area contributed by atoms with E-state index in [-0.39, 0.29) is 47.3 Å². The summed E-state index contributed by atoms with van der Waals surface area (Å²) in [5.41, 5.74) is 0.913. The van der Waals surface area contributed by atoms with E-state index < -0.39 is 41.2 Å². The predicted octanol–water partition coefficient (Wildman–Crippen LogP) is 6.72. The number of hydrogen-bond acceptors (Lipinski definition) is 6. The number of carbonyl (C=O) groups excluding carboxylic acids is 1. The number of alkyl halides is 2. The maximum absolute atomic E-state index is 14.4. The molecule has 2 heterocycles. The van der Waals surface area contributed by atoms with Gasteiger partial charge in [-0.05, 0) is 43.4 Å². The van der Waals surface area contributed by atoms with E-state index in [0.29, 0.717) is 11.3 Å². The van der Waals surface area contributed by atoms with E-state index in [1.54, 1.807) is 0 Å². The van der Waals surface area contributed by atoms with E-state index in [2.05, 4.69) is 15.6 Å². The van der Waals surface area contributed by atoms with Gasteiger partial charge < -0.3 is 19.5 Å². The Balaban J connectivity index is 1.63. The molecule has 1 saturated carbocycles. The van der Waals surface area contributed by atoms with Crippen molar-refractivity contribution in [3.8, 4) is 11.5 Å². The van der Waals surface area contributed by atoms with Crippen molar-refractivity contribution >= 4 is 29.2 Å². The number of halogens is 4. The fraction of sp³-hybridized carbons (Fsp3) is 0.440. The average molecular weight is 540 g/mol. The highest BCUT2D eigenvalue weighted by atomic mass is 35.5. The third-order valence-electron chi connectivity index (χ3n) is 6.27. The van der Waals surface area contributed by atoms with Gasteiger partial charge in [-0.2, -0.15) is 8.78 Å². The lowest BCUT2D eigenvalue weighted by atomic mass is 9.90. The number of carbonyl (C=O) groups is 2. The zero-order valence-corrected chi connectivity index (χ0v) is 20.8. The lowest BCUT2D eigenvalue weighted by Crippen LogP contribution is -2.19. The number of nitrogens with zero attached hydrogens (tertiary/aromatic N) is 2. The molecule has 0 aliphatic heterocycles. The zero-order chi connectivity index (χ0) is 26.9. The molecule has 1 amide bonds. The summed E-state index contributed by atoms with van der Waals surface area (Å²) in [5.74, 6) is -7.77. The summed E-state index contributed by atoms with van der Waals surface area (Å²) in [7, 11) is 0. The first-order valence-corrected chi connectivity index (χ1v) is 12.2. The van der Waals surface area contributed by atoms with Crippen molar-refractivity contribution in [1.29, 1.82) is 0 Å². The summed E-state index contributed by atoms with van der Waals surface area (Å²) in [5, 5.41) is 19.8. The Morgan fingerprint density at radius 1 is 1.22 bits per heavy atom. The summed E-state index contributed by atoms with van der Waals surface area (Å²) in [6.45, 7) is 2.72. The van der Waals surface area contributed by atoms with Gasteiger partial charge >= 0.3 is 11.9 Å². The van der Waals surface area contributed by atoms with E-state index in [1.807, 2.05) is 0 Å². The highest BCUT2D eigenvalue weighted by Crippen LogP contribution is 2.49. The number of hydrogen-bond donors (Lipinski definition) is 2. The summed E-state index contributed by atoms with van der Waals surface area (Å²) < 4.78 is 53.5. The number of anilines is 1. The van der Waals surface area contributed by atoms with Crippen LogP contribution < -0.4 is 5.32 Å². The summed E-state index contributed by atoms with van der Waals surface area (Å²) in [4.78, 5) is 24.1. The van der Waals surface area contributed by atoms with Gasteiger partial charge in [0.1, 0.15) is 5.82 Å². The van der Waals surface area contributed by atoms with Gasteiger partial charge in [0.2, 0.25) is 11.7 Å². The molecule has 1 atom stereocenters. The first kappa shape index (κ1) is 26.7. The minimum Gasteiger partial charge on any atom is -0.481 e. The van der Waals surface area contributed by atoms with Gasteiger partial charge in [-0.25, -0.2) is 4.39 Å². The molecule has 3 aromatic rings. The number of carboxylic acid groups (broad SMARTS) is 1. The Kier molecular flexibility index (Phi) is 7.63. The van der Waals surface area contributed by atoms with Gasteiger partial charge in [0.05, 0.1) is 11.4 Å².